The van der Waals surface area contributed by atoms with Gasteiger partial charge in [-0.3, -0.25) is 9.59 Å². The molecule has 1 N–H and O–H groups in total. The van der Waals surface area contributed by atoms with Crippen LogP contribution >= 0.6 is 23.2 Å². The second-order valence-corrected chi connectivity index (χ2v) is 7.05. The lowest BCUT2D eigenvalue weighted by Crippen LogP contribution is -2.39. The maximum atomic E-state index is 12.0. The zero-order valence-corrected chi connectivity index (χ0v) is 15.5. The minimum Gasteiger partial charge on any atom is -0.483 e. The van der Waals surface area contributed by atoms with Crippen molar-refractivity contribution in [3.63, 3.8) is 0 Å². The Balaban J connectivity index is 1.92. The van der Waals surface area contributed by atoms with Gasteiger partial charge in [-0.25, -0.2) is 0 Å². The van der Waals surface area contributed by atoms with Gasteiger partial charge in [0.25, 0.3) is 5.91 Å². The van der Waals surface area contributed by atoms with Gasteiger partial charge in [0.15, 0.2) is 12.9 Å². The Morgan fingerprint density at radius 2 is 1.88 bits per heavy atom. The quantitative estimate of drug-likeness (QED) is 0.730. The van der Waals surface area contributed by atoms with Crippen molar-refractivity contribution in [2.75, 3.05) is 13.2 Å². The van der Waals surface area contributed by atoms with Crippen LogP contribution in [0, 0.1) is 0 Å². The Morgan fingerprint density at radius 3 is 2.56 bits per heavy atom. The minimum atomic E-state index is -0.329. The molecule has 25 heavy (non-hydrogen) atoms. The van der Waals surface area contributed by atoms with Crippen LogP contribution < -0.4 is 10.1 Å². The molecule has 0 aromatic heterocycles. The van der Waals surface area contributed by atoms with E-state index in [4.69, 9.17) is 27.9 Å². The van der Waals surface area contributed by atoms with E-state index in [1.807, 2.05) is 19.9 Å². The van der Waals surface area contributed by atoms with Crippen molar-refractivity contribution in [2.45, 2.75) is 19.3 Å². The molecule has 0 aliphatic rings. The number of aldehydes is 1. The molecule has 0 radical (unpaired) electrons. The summed E-state index contributed by atoms with van der Waals surface area (Å²) >= 11 is 12.0. The van der Waals surface area contributed by atoms with Crippen LogP contribution in [0.15, 0.2) is 42.5 Å². The Hall–Kier alpha value is -2.04. The molecule has 2 aromatic carbocycles. The summed E-state index contributed by atoms with van der Waals surface area (Å²) in [5.41, 5.74) is 1.05. The van der Waals surface area contributed by atoms with Crippen LogP contribution in [0.1, 0.15) is 29.8 Å². The van der Waals surface area contributed by atoms with Crippen LogP contribution in [0.25, 0.3) is 0 Å². The summed E-state index contributed by atoms with van der Waals surface area (Å²) in [6.45, 7) is 4.23. The molecule has 0 saturated heterocycles. The van der Waals surface area contributed by atoms with E-state index in [0.29, 0.717) is 34.2 Å². The van der Waals surface area contributed by atoms with Crippen LogP contribution in [-0.2, 0) is 10.2 Å². The summed E-state index contributed by atoms with van der Waals surface area (Å²) < 4.78 is 5.41. The number of hydrogen-bond donors (Lipinski definition) is 1. The molecule has 4 nitrogen and oxygen atoms in total. The van der Waals surface area contributed by atoms with E-state index < -0.39 is 0 Å². The molecule has 0 aliphatic heterocycles. The summed E-state index contributed by atoms with van der Waals surface area (Å²) in [4.78, 5) is 23.0. The summed E-state index contributed by atoms with van der Waals surface area (Å²) in [7, 11) is 0. The number of nitrogens with one attached hydrogen (secondary N) is 1. The molecule has 2 aromatic rings. The van der Waals surface area contributed by atoms with Crippen molar-refractivity contribution < 1.29 is 14.3 Å². The van der Waals surface area contributed by atoms with Crippen molar-refractivity contribution in [3.8, 4) is 5.75 Å². The summed E-state index contributed by atoms with van der Waals surface area (Å²) in [5, 5.41) is 3.81. The summed E-state index contributed by atoms with van der Waals surface area (Å²) in [6, 6.07) is 12.2. The molecule has 0 bridgehead atoms. The Morgan fingerprint density at radius 1 is 1.16 bits per heavy atom. The van der Waals surface area contributed by atoms with E-state index in [1.54, 1.807) is 36.4 Å². The van der Waals surface area contributed by atoms with Crippen LogP contribution in [0.5, 0.6) is 5.75 Å². The van der Waals surface area contributed by atoms with Gasteiger partial charge in [-0.15, -0.1) is 0 Å². The van der Waals surface area contributed by atoms with E-state index in [0.717, 1.165) is 5.56 Å². The molecule has 0 aliphatic carbocycles. The van der Waals surface area contributed by atoms with E-state index in [9.17, 15) is 9.59 Å². The molecule has 0 atom stereocenters. The number of rotatable bonds is 7. The largest absolute Gasteiger partial charge is 0.483 e. The first-order valence-electron chi connectivity index (χ1n) is 7.73. The predicted octanol–water partition coefficient (Wildman–Crippen LogP) is 4.28. The summed E-state index contributed by atoms with van der Waals surface area (Å²) in [5.74, 6) is 0.116. The van der Waals surface area contributed by atoms with E-state index in [2.05, 4.69) is 5.32 Å². The van der Waals surface area contributed by atoms with Crippen LogP contribution in [-0.4, -0.2) is 25.3 Å². The van der Waals surface area contributed by atoms with E-state index in [-0.39, 0.29) is 17.9 Å². The number of benzene rings is 2. The van der Waals surface area contributed by atoms with Crippen molar-refractivity contribution >= 4 is 35.4 Å². The summed E-state index contributed by atoms with van der Waals surface area (Å²) in [6.07, 6.45) is 0.695. The lowest BCUT2D eigenvalue weighted by atomic mass is 9.84. The van der Waals surface area contributed by atoms with Gasteiger partial charge in [0.05, 0.1) is 15.6 Å². The molecule has 2 rings (SSSR count). The number of halogens is 2. The third kappa shape index (κ3) is 5.21. The van der Waals surface area contributed by atoms with Gasteiger partial charge >= 0.3 is 0 Å². The maximum Gasteiger partial charge on any atom is 0.257 e. The number of hydrogen-bond acceptors (Lipinski definition) is 3. The molecule has 1 amide bonds. The Bertz CT molecular complexity index is 775. The highest BCUT2D eigenvalue weighted by atomic mass is 35.5. The van der Waals surface area contributed by atoms with Gasteiger partial charge in [0.2, 0.25) is 0 Å². The number of amides is 1. The molecule has 0 unspecified atom stereocenters. The molecule has 132 valence electrons. The predicted molar refractivity (Wildman–Crippen MR) is 99.8 cm³/mol. The van der Waals surface area contributed by atoms with Crippen molar-refractivity contribution in [1.82, 2.24) is 5.32 Å². The molecule has 0 fully saturated rings. The minimum absolute atomic E-state index is 0.164. The Labute approximate surface area is 157 Å². The van der Waals surface area contributed by atoms with Gasteiger partial charge in [-0.1, -0.05) is 55.2 Å². The third-order valence-corrected chi connectivity index (χ3v) is 4.57. The van der Waals surface area contributed by atoms with E-state index >= 15 is 0 Å². The average molecular weight is 380 g/mol. The monoisotopic (exact) mass is 379 g/mol. The molecule has 0 saturated carbocycles. The van der Waals surface area contributed by atoms with Crippen molar-refractivity contribution in [3.05, 3.63) is 63.6 Å². The zero-order chi connectivity index (χ0) is 18.4. The highest BCUT2D eigenvalue weighted by Crippen LogP contribution is 2.29. The highest BCUT2D eigenvalue weighted by molar-refractivity contribution is 6.42. The number of para-hydroxylation sites is 1. The fraction of sp³-hybridized carbons (Fsp3) is 0.263. The maximum absolute atomic E-state index is 12.0. The fourth-order valence-electron chi connectivity index (χ4n) is 2.24. The lowest BCUT2D eigenvalue weighted by molar-refractivity contribution is -0.123. The number of carbonyl (C=O) groups is 2. The second-order valence-electron chi connectivity index (χ2n) is 6.23. The van der Waals surface area contributed by atoms with E-state index in [1.165, 1.54) is 0 Å². The molecule has 6 heteroatoms. The molecular weight excluding hydrogens is 361 g/mol. The van der Waals surface area contributed by atoms with Crippen LogP contribution in [0.4, 0.5) is 0 Å². The van der Waals surface area contributed by atoms with Crippen LogP contribution in [0.2, 0.25) is 10.0 Å². The second kappa shape index (κ2) is 8.37. The normalized spacial score (nSPS) is 11.0. The lowest BCUT2D eigenvalue weighted by Gasteiger charge is -2.26. The Kier molecular flexibility index (Phi) is 6.45. The smallest absolute Gasteiger partial charge is 0.257 e. The third-order valence-electron chi connectivity index (χ3n) is 3.83. The zero-order valence-electron chi connectivity index (χ0n) is 14.0. The van der Waals surface area contributed by atoms with Gasteiger partial charge in [0, 0.05) is 12.0 Å². The average Bonchev–Trinajstić information content (AvgIpc) is 2.60. The van der Waals surface area contributed by atoms with Crippen molar-refractivity contribution in [1.29, 1.82) is 0 Å². The van der Waals surface area contributed by atoms with Gasteiger partial charge in [0.1, 0.15) is 5.75 Å². The van der Waals surface area contributed by atoms with Crippen molar-refractivity contribution in [2.24, 2.45) is 0 Å². The number of ether oxygens (including phenoxy) is 1. The SMILES string of the molecule is CC(C)(CNC(=O)COc1ccccc1C=O)c1ccc(Cl)c(Cl)c1. The van der Waals surface area contributed by atoms with Gasteiger partial charge < -0.3 is 10.1 Å². The number of carbonyl (C=O) groups excluding carboxylic acids is 2. The molecule has 0 heterocycles. The van der Waals surface area contributed by atoms with Gasteiger partial charge in [-0.05, 0) is 29.8 Å². The fourth-order valence-corrected chi connectivity index (χ4v) is 2.54. The first kappa shape index (κ1) is 19.3. The first-order chi connectivity index (χ1) is 11.8. The molecule has 0 spiro atoms. The van der Waals surface area contributed by atoms with Gasteiger partial charge in [-0.2, -0.15) is 0 Å². The standard InChI is InChI=1S/C19H19Cl2NO3/c1-19(2,14-7-8-15(20)16(21)9-14)12-22-18(24)11-25-17-6-4-3-5-13(17)10-23/h3-10H,11-12H2,1-2H3,(H,22,24). The van der Waals surface area contributed by atoms with Crippen LogP contribution in [0.3, 0.4) is 0 Å². The highest BCUT2D eigenvalue weighted by Gasteiger charge is 2.22. The molecular formula is C19H19Cl2NO3. The first-order valence-corrected chi connectivity index (χ1v) is 8.48. The topological polar surface area (TPSA) is 55.4 Å².